The fourth-order valence-electron chi connectivity index (χ4n) is 3.25. The lowest BCUT2D eigenvalue weighted by molar-refractivity contribution is -0.132. The van der Waals surface area contributed by atoms with Gasteiger partial charge in [-0.1, -0.05) is 0 Å². The van der Waals surface area contributed by atoms with Crippen LogP contribution in [0.5, 0.6) is 0 Å². The first kappa shape index (κ1) is 18.1. The van der Waals surface area contributed by atoms with Gasteiger partial charge in [0.2, 0.25) is 5.91 Å². The highest BCUT2D eigenvalue weighted by atomic mass is 79.9. The predicted molar refractivity (Wildman–Crippen MR) is 101 cm³/mol. The summed E-state index contributed by atoms with van der Waals surface area (Å²) in [6.07, 6.45) is 1.59. The summed E-state index contributed by atoms with van der Waals surface area (Å²) < 4.78 is 2.52. The fraction of sp³-hybridized carbons (Fsp3) is 0.625. The number of carbonyl (C=O) groups is 1. The number of rotatable bonds is 5. The van der Waals surface area contributed by atoms with Crippen molar-refractivity contribution >= 4 is 38.7 Å². The van der Waals surface area contributed by atoms with Gasteiger partial charge in [0.25, 0.3) is 0 Å². The van der Waals surface area contributed by atoms with Gasteiger partial charge in [0.05, 0.1) is 11.9 Å². The van der Waals surface area contributed by atoms with Crippen molar-refractivity contribution in [3.05, 3.63) is 10.9 Å². The van der Waals surface area contributed by atoms with Crippen molar-refractivity contribution in [3.63, 3.8) is 0 Å². The van der Waals surface area contributed by atoms with Gasteiger partial charge >= 0.3 is 0 Å². The number of hydrogen-bond acceptors (Lipinski definition) is 6. The fourth-order valence-corrected chi connectivity index (χ4v) is 3.84. The van der Waals surface area contributed by atoms with Crippen LogP contribution in [0.2, 0.25) is 0 Å². The Morgan fingerprint density at radius 1 is 1.20 bits per heavy atom. The Morgan fingerprint density at radius 2 is 1.88 bits per heavy atom. The molecule has 0 unspecified atom stereocenters. The van der Waals surface area contributed by atoms with Crippen molar-refractivity contribution in [2.75, 3.05) is 50.7 Å². The second kappa shape index (κ2) is 7.65. The van der Waals surface area contributed by atoms with Crippen LogP contribution in [0.1, 0.15) is 13.8 Å². The molecule has 136 valence electrons. The zero-order valence-corrected chi connectivity index (χ0v) is 16.5. The number of anilines is 1. The summed E-state index contributed by atoms with van der Waals surface area (Å²) in [5, 5.41) is 5.32. The lowest BCUT2D eigenvalue weighted by Crippen LogP contribution is -2.50. The smallest absolute Gasteiger partial charge is 0.236 e. The molecular weight excluding hydrogens is 386 g/mol. The van der Waals surface area contributed by atoms with Gasteiger partial charge in [-0.3, -0.25) is 9.69 Å². The van der Waals surface area contributed by atoms with Crippen LogP contribution in [0.4, 0.5) is 5.82 Å². The number of hydrogen-bond donors (Lipinski definition) is 0. The molecule has 2 aromatic rings. The summed E-state index contributed by atoms with van der Waals surface area (Å²) in [7, 11) is 1.88. The highest BCUT2D eigenvalue weighted by Crippen LogP contribution is 2.29. The van der Waals surface area contributed by atoms with Crippen LogP contribution < -0.4 is 4.90 Å². The van der Waals surface area contributed by atoms with Gasteiger partial charge in [-0.05, 0) is 29.8 Å². The number of piperazine rings is 1. The SMILES string of the molecule is CCN(CC)C(=O)CN1CCN(c2ncnc3c2c(Br)nn3C)CC1. The first-order chi connectivity index (χ1) is 12.0. The maximum Gasteiger partial charge on any atom is 0.236 e. The molecule has 8 nitrogen and oxygen atoms in total. The van der Waals surface area contributed by atoms with Crippen molar-refractivity contribution in [2.24, 2.45) is 7.05 Å². The van der Waals surface area contributed by atoms with E-state index in [0.29, 0.717) is 6.54 Å². The molecule has 0 saturated carbocycles. The molecule has 1 aliphatic heterocycles. The third kappa shape index (κ3) is 3.62. The lowest BCUT2D eigenvalue weighted by Gasteiger charge is -2.36. The minimum absolute atomic E-state index is 0.206. The molecule has 25 heavy (non-hydrogen) atoms. The number of amides is 1. The van der Waals surface area contributed by atoms with E-state index < -0.39 is 0 Å². The minimum atomic E-state index is 0.206. The summed E-state index contributed by atoms with van der Waals surface area (Å²) >= 11 is 3.51. The van der Waals surface area contributed by atoms with Crippen LogP contribution in [0.15, 0.2) is 10.9 Å². The topological polar surface area (TPSA) is 70.4 Å². The summed E-state index contributed by atoms with van der Waals surface area (Å²) in [5.74, 6) is 1.11. The number of aromatic nitrogens is 4. The molecule has 3 rings (SSSR count). The van der Waals surface area contributed by atoms with Gasteiger partial charge in [0.1, 0.15) is 16.7 Å². The Morgan fingerprint density at radius 3 is 2.52 bits per heavy atom. The largest absolute Gasteiger partial charge is 0.353 e. The zero-order chi connectivity index (χ0) is 18.0. The molecule has 0 N–H and O–H groups in total. The van der Waals surface area contributed by atoms with E-state index in [1.54, 1.807) is 11.0 Å². The van der Waals surface area contributed by atoms with Crippen molar-refractivity contribution in [1.29, 1.82) is 0 Å². The Bertz CT molecular complexity index is 750. The van der Waals surface area contributed by atoms with Gasteiger partial charge in [0, 0.05) is 46.3 Å². The predicted octanol–water partition coefficient (Wildman–Crippen LogP) is 1.12. The van der Waals surface area contributed by atoms with Gasteiger partial charge in [-0.25, -0.2) is 14.6 Å². The molecule has 1 fully saturated rings. The van der Waals surface area contributed by atoms with Crippen molar-refractivity contribution < 1.29 is 4.79 Å². The molecule has 0 aliphatic carbocycles. The van der Waals surface area contributed by atoms with E-state index in [0.717, 1.165) is 60.7 Å². The third-order valence-corrected chi connectivity index (χ3v) is 5.26. The van der Waals surface area contributed by atoms with E-state index in [2.05, 4.69) is 40.8 Å². The Balaban J connectivity index is 1.68. The normalized spacial score (nSPS) is 15.8. The third-order valence-electron chi connectivity index (χ3n) is 4.70. The Hall–Kier alpha value is -1.74. The van der Waals surface area contributed by atoms with Gasteiger partial charge < -0.3 is 9.80 Å². The molecule has 0 spiro atoms. The zero-order valence-electron chi connectivity index (χ0n) is 14.9. The van der Waals surface area contributed by atoms with E-state index in [1.807, 2.05) is 25.8 Å². The maximum absolute atomic E-state index is 12.3. The summed E-state index contributed by atoms with van der Waals surface area (Å²) in [5.41, 5.74) is 0.816. The number of likely N-dealkylation sites (N-methyl/N-ethyl adjacent to an activating group) is 1. The van der Waals surface area contributed by atoms with Crippen LogP contribution in [0, 0.1) is 0 Å². The minimum Gasteiger partial charge on any atom is -0.353 e. The molecule has 2 aromatic heterocycles. The van der Waals surface area contributed by atoms with Crippen LogP contribution in [0.3, 0.4) is 0 Å². The second-order valence-corrected chi connectivity index (χ2v) is 6.89. The quantitative estimate of drug-likeness (QED) is 0.736. The molecule has 3 heterocycles. The number of aryl methyl sites for hydroxylation is 1. The van der Waals surface area contributed by atoms with E-state index >= 15 is 0 Å². The van der Waals surface area contributed by atoms with E-state index in [1.165, 1.54) is 0 Å². The summed E-state index contributed by atoms with van der Waals surface area (Å²) in [6.45, 7) is 9.42. The Labute approximate surface area is 155 Å². The van der Waals surface area contributed by atoms with Crippen LogP contribution in [0.25, 0.3) is 11.0 Å². The lowest BCUT2D eigenvalue weighted by atomic mass is 10.2. The maximum atomic E-state index is 12.3. The van der Waals surface area contributed by atoms with Crippen LogP contribution >= 0.6 is 15.9 Å². The van der Waals surface area contributed by atoms with Gasteiger partial charge in [0.15, 0.2) is 5.65 Å². The molecule has 0 aromatic carbocycles. The molecular formula is C16H24BrN7O. The van der Waals surface area contributed by atoms with E-state index in [4.69, 9.17) is 0 Å². The number of nitrogens with zero attached hydrogens (tertiary/aromatic N) is 7. The highest BCUT2D eigenvalue weighted by molar-refractivity contribution is 9.10. The van der Waals surface area contributed by atoms with Gasteiger partial charge in [-0.15, -0.1) is 0 Å². The van der Waals surface area contributed by atoms with Crippen LogP contribution in [-0.4, -0.2) is 81.3 Å². The monoisotopic (exact) mass is 409 g/mol. The Kier molecular flexibility index (Phi) is 5.53. The van der Waals surface area contributed by atoms with Crippen LogP contribution in [-0.2, 0) is 11.8 Å². The second-order valence-electron chi connectivity index (χ2n) is 6.14. The van der Waals surface area contributed by atoms with Crippen molar-refractivity contribution in [2.45, 2.75) is 13.8 Å². The number of halogens is 1. The molecule has 0 bridgehead atoms. The average Bonchev–Trinajstić information content (AvgIpc) is 2.91. The number of fused-ring (bicyclic) bond motifs is 1. The van der Waals surface area contributed by atoms with E-state index in [9.17, 15) is 4.79 Å². The average molecular weight is 410 g/mol. The molecule has 0 radical (unpaired) electrons. The molecule has 1 saturated heterocycles. The summed E-state index contributed by atoms with van der Waals surface area (Å²) in [6, 6.07) is 0. The van der Waals surface area contributed by atoms with Gasteiger partial charge in [-0.2, -0.15) is 5.10 Å². The van der Waals surface area contributed by atoms with Crippen molar-refractivity contribution in [1.82, 2.24) is 29.5 Å². The standard InChI is InChI=1S/C16H24BrN7O/c1-4-23(5-2)12(25)10-22-6-8-24(9-7-22)16-13-14(17)20-21(3)15(13)18-11-19-16/h11H,4-10H2,1-3H3. The molecule has 1 amide bonds. The number of carbonyl (C=O) groups excluding carboxylic acids is 1. The summed E-state index contributed by atoms with van der Waals surface area (Å²) in [4.78, 5) is 27.4. The molecule has 1 aliphatic rings. The molecule has 9 heteroatoms. The van der Waals surface area contributed by atoms with Crippen molar-refractivity contribution in [3.8, 4) is 0 Å². The molecule has 0 atom stereocenters. The highest BCUT2D eigenvalue weighted by Gasteiger charge is 2.24. The van der Waals surface area contributed by atoms with E-state index in [-0.39, 0.29) is 5.91 Å². The first-order valence-corrected chi connectivity index (χ1v) is 9.42. The first-order valence-electron chi connectivity index (χ1n) is 8.63.